The van der Waals surface area contributed by atoms with Crippen LogP contribution in [0.5, 0.6) is 5.75 Å². The molecule has 2 heterocycles. The van der Waals surface area contributed by atoms with Gasteiger partial charge in [0.25, 0.3) is 0 Å². The average molecular weight is 519 g/mol. The van der Waals surface area contributed by atoms with Crippen LogP contribution in [-0.4, -0.2) is 20.6 Å². The van der Waals surface area contributed by atoms with Crippen molar-refractivity contribution in [3.8, 4) is 28.7 Å². The third kappa shape index (κ3) is 5.49. The molecule has 0 saturated heterocycles. The largest absolute Gasteiger partial charge is 0.489 e. The zero-order chi connectivity index (χ0) is 25.8. The monoisotopic (exact) mass is 518 g/mol. The van der Waals surface area contributed by atoms with E-state index in [9.17, 15) is 13.2 Å². The highest BCUT2D eigenvalue weighted by Crippen LogP contribution is 2.41. The van der Waals surface area contributed by atoms with Gasteiger partial charge in [0, 0.05) is 22.1 Å². The highest BCUT2D eigenvalue weighted by molar-refractivity contribution is 7.17. The van der Waals surface area contributed by atoms with Crippen molar-refractivity contribution in [3.05, 3.63) is 94.6 Å². The number of benzene rings is 3. The zero-order valence-corrected chi connectivity index (χ0v) is 20.5. The molecule has 1 atom stereocenters. The fourth-order valence-corrected chi connectivity index (χ4v) is 5.12. The quantitative estimate of drug-likeness (QED) is 0.235. The van der Waals surface area contributed by atoms with Gasteiger partial charge in [-0.1, -0.05) is 47.5 Å². The van der Waals surface area contributed by atoms with E-state index in [1.165, 1.54) is 23.5 Å². The number of tetrazole rings is 1. The van der Waals surface area contributed by atoms with Crippen LogP contribution in [0.2, 0.25) is 0 Å². The molecule has 0 bridgehead atoms. The molecule has 0 radical (unpaired) electrons. The molecule has 5 nitrogen and oxygen atoms in total. The third-order valence-electron chi connectivity index (χ3n) is 5.94. The Kier molecular flexibility index (Phi) is 6.93. The highest BCUT2D eigenvalue weighted by Gasteiger charge is 2.33. The van der Waals surface area contributed by atoms with E-state index in [1.54, 1.807) is 18.4 Å². The third-order valence-corrected chi connectivity index (χ3v) is 6.91. The lowest BCUT2D eigenvalue weighted by Gasteiger charge is -2.13. The molecule has 1 N–H and O–H groups in total. The van der Waals surface area contributed by atoms with Gasteiger partial charge in [-0.3, -0.25) is 0 Å². The van der Waals surface area contributed by atoms with Gasteiger partial charge in [-0.15, -0.1) is 27.5 Å². The number of halogens is 3. The van der Waals surface area contributed by atoms with Gasteiger partial charge >= 0.3 is 6.18 Å². The SMILES string of the molecule is CC#C[C@@H](Cc1nn[nH]n1)c1ccc(OCc2ccc3scc(-c4ccccc4C(F)(F)F)c3c2)cc1. The van der Waals surface area contributed by atoms with Gasteiger partial charge in [0.15, 0.2) is 5.82 Å². The number of hydrogen-bond acceptors (Lipinski definition) is 5. The second kappa shape index (κ2) is 10.4. The number of rotatable bonds is 7. The molecule has 5 rings (SSSR count). The van der Waals surface area contributed by atoms with Crippen LogP contribution in [0.4, 0.5) is 13.2 Å². The fraction of sp³-hybridized carbons (Fsp3) is 0.179. The number of fused-ring (bicyclic) bond motifs is 1. The van der Waals surface area contributed by atoms with E-state index in [2.05, 4.69) is 32.5 Å². The Morgan fingerprint density at radius 3 is 2.57 bits per heavy atom. The Bertz CT molecular complexity index is 1570. The number of H-pyrrole nitrogens is 1. The molecular formula is C28H21F3N4OS. The minimum absolute atomic E-state index is 0.0735. The molecule has 3 aromatic carbocycles. The number of nitrogens with one attached hydrogen (secondary N) is 1. The predicted octanol–water partition coefficient (Wildman–Crippen LogP) is 7.03. The summed E-state index contributed by atoms with van der Waals surface area (Å²) in [5.74, 6) is 7.33. The van der Waals surface area contributed by atoms with Crippen LogP contribution < -0.4 is 4.74 Å². The minimum atomic E-state index is -4.43. The Balaban J connectivity index is 1.33. The van der Waals surface area contributed by atoms with Crippen LogP contribution in [0.1, 0.15) is 35.4 Å². The normalized spacial score (nSPS) is 12.2. The number of ether oxygens (including phenoxy) is 1. The van der Waals surface area contributed by atoms with Gasteiger partial charge in [0.05, 0.1) is 11.5 Å². The Morgan fingerprint density at radius 2 is 1.84 bits per heavy atom. The smallest absolute Gasteiger partial charge is 0.417 e. The summed E-state index contributed by atoms with van der Waals surface area (Å²) in [4.78, 5) is 0. The van der Waals surface area contributed by atoms with Crippen LogP contribution in [0.25, 0.3) is 21.2 Å². The van der Waals surface area contributed by atoms with Crippen molar-refractivity contribution in [2.45, 2.75) is 32.0 Å². The lowest BCUT2D eigenvalue weighted by atomic mass is 9.96. The number of aromatic amines is 1. The van der Waals surface area contributed by atoms with Crippen molar-refractivity contribution < 1.29 is 17.9 Å². The summed E-state index contributed by atoms with van der Waals surface area (Å²) in [5, 5.41) is 16.6. The number of nitrogens with zero attached hydrogens (tertiary/aromatic N) is 3. The zero-order valence-electron chi connectivity index (χ0n) is 19.7. The average Bonchev–Trinajstić information content (AvgIpc) is 3.57. The highest BCUT2D eigenvalue weighted by atomic mass is 32.1. The summed E-state index contributed by atoms with van der Waals surface area (Å²) in [5.41, 5.74) is 2.00. The van der Waals surface area contributed by atoms with Crippen molar-refractivity contribution in [2.75, 3.05) is 0 Å². The molecule has 0 spiro atoms. The first-order valence-electron chi connectivity index (χ1n) is 11.5. The van der Waals surface area contributed by atoms with E-state index in [1.807, 2.05) is 42.5 Å². The van der Waals surface area contributed by atoms with Crippen LogP contribution in [0.15, 0.2) is 72.1 Å². The summed E-state index contributed by atoms with van der Waals surface area (Å²) in [6, 6.07) is 19.1. The van der Waals surface area contributed by atoms with Crippen molar-refractivity contribution in [1.82, 2.24) is 20.6 Å². The van der Waals surface area contributed by atoms with E-state index in [0.717, 1.165) is 27.3 Å². The molecule has 37 heavy (non-hydrogen) atoms. The molecule has 0 fully saturated rings. The summed E-state index contributed by atoms with van der Waals surface area (Å²) in [7, 11) is 0. The first kappa shape index (κ1) is 24.5. The predicted molar refractivity (Wildman–Crippen MR) is 137 cm³/mol. The molecule has 0 unspecified atom stereocenters. The van der Waals surface area contributed by atoms with E-state index in [0.29, 0.717) is 23.6 Å². The van der Waals surface area contributed by atoms with Gasteiger partial charge in [-0.05, 0) is 59.3 Å². The molecule has 9 heteroatoms. The van der Waals surface area contributed by atoms with E-state index < -0.39 is 11.7 Å². The maximum absolute atomic E-state index is 13.6. The molecule has 0 aliphatic carbocycles. The van der Waals surface area contributed by atoms with Crippen molar-refractivity contribution in [1.29, 1.82) is 0 Å². The second-order valence-corrected chi connectivity index (χ2v) is 9.27. The standard InChI is InChI=1S/C28H21F3N4OS/c1-2-5-20(15-27-32-34-35-33-27)19-9-11-21(12-10-19)36-16-18-8-13-26-23(14-18)24(17-37-26)22-6-3-4-7-25(22)28(29,30)31/h3-4,6-14,17,20H,15-16H2,1H3,(H,32,33,34,35)/t20-/m0/s1. The maximum atomic E-state index is 13.6. The van der Waals surface area contributed by atoms with Gasteiger partial charge < -0.3 is 4.74 Å². The molecule has 0 amide bonds. The molecule has 0 aliphatic rings. The minimum Gasteiger partial charge on any atom is -0.489 e. The molecule has 5 aromatic rings. The Hall–Kier alpha value is -4.16. The van der Waals surface area contributed by atoms with Crippen LogP contribution in [-0.2, 0) is 19.2 Å². The lowest BCUT2D eigenvalue weighted by molar-refractivity contribution is -0.137. The number of alkyl halides is 3. The number of hydrogen-bond donors (Lipinski definition) is 1. The first-order chi connectivity index (χ1) is 17.9. The topological polar surface area (TPSA) is 63.7 Å². The van der Waals surface area contributed by atoms with Gasteiger partial charge in [-0.2, -0.15) is 18.4 Å². The molecule has 0 aliphatic heterocycles. The Morgan fingerprint density at radius 1 is 1.03 bits per heavy atom. The Labute approximate surface area is 215 Å². The number of aromatic nitrogens is 4. The fourth-order valence-electron chi connectivity index (χ4n) is 4.18. The molecular weight excluding hydrogens is 497 g/mol. The lowest BCUT2D eigenvalue weighted by Crippen LogP contribution is -2.06. The first-order valence-corrected chi connectivity index (χ1v) is 12.3. The van der Waals surface area contributed by atoms with E-state index in [-0.39, 0.29) is 18.1 Å². The number of thiophene rings is 1. The van der Waals surface area contributed by atoms with Crippen molar-refractivity contribution in [2.24, 2.45) is 0 Å². The van der Waals surface area contributed by atoms with Crippen molar-refractivity contribution in [3.63, 3.8) is 0 Å². The van der Waals surface area contributed by atoms with E-state index in [4.69, 9.17) is 4.74 Å². The van der Waals surface area contributed by atoms with Gasteiger partial charge in [0.1, 0.15) is 12.4 Å². The summed E-state index contributed by atoms with van der Waals surface area (Å²) in [6.07, 6.45) is -3.89. The molecule has 186 valence electrons. The molecule has 2 aromatic heterocycles. The van der Waals surface area contributed by atoms with Gasteiger partial charge in [0.2, 0.25) is 0 Å². The summed E-state index contributed by atoms with van der Waals surface area (Å²) in [6.45, 7) is 2.07. The molecule has 0 saturated carbocycles. The van der Waals surface area contributed by atoms with Crippen LogP contribution >= 0.6 is 11.3 Å². The van der Waals surface area contributed by atoms with E-state index >= 15 is 0 Å². The summed E-state index contributed by atoms with van der Waals surface area (Å²) >= 11 is 1.43. The van der Waals surface area contributed by atoms with Crippen LogP contribution in [0, 0.1) is 11.8 Å². The summed E-state index contributed by atoms with van der Waals surface area (Å²) < 4.78 is 47.7. The van der Waals surface area contributed by atoms with Crippen LogP contribution in [0.3, 0.4) is 0 Å². The van der Waals surface area contributed by atoms with Gasteiger partial charge in [-0.25, -0.2) is 0 Å². The second-order valence-electron chi connectivity index (χ2n) is 8.36. The maximum Gasteiger partial charge on any atom is 0.417 e. The van der Waals surface area contributed by atoms with Crippen molar-refractivity contribution >= 4 is 21.4 Å².